The molecule has 15 heavy (non-hydrogen) atoms. The van der Waals surface area contributed by atoms with Gasteiger partial charge in [-0.2, -0.15) is 0 Å². The summed E-state index contributed by atoms with van der Waals surface area (Å²) < 4.78 is 0. The maximum atomic E-state index is 4.39. The maximum absolute atomic E-state index is 4.39. The predicted octanol–water partition coefficient (Wildman–Crippen LogP) is 2.92. The molecule has 78 valence electrons. The normalized spacial score (nSPS) is 10.5. The average molecular weight is 218 g/mol. The van der Waals surface area contributed by atoms with Gasteiger partial charge in [0.05, 0.1) is 16.1 Å². The SMILES string of the molecule is CCNCc1ncsc1-c1ccccc1. The predicted molar refractivity (Wildman–Crippen MR) is 64.9 cm³/mol. The summed E-state index contributed by atoms with van der Waals surface area (Å²) in [6.45, 7) is 3.94. The van der Waals surface area contributed by atoms with Crippen molar-refractivity contribution in [3.05, 3.63) is 41.5 Å². The molecule has 0 saturated carbocycles. The van der Waals surface area contributed by atoms with Gasteiger partial charge in [0.1, 0.15) is 0 Å². The fourth-order valence-corrected chi connectivity index (χ4v) is 2.28. The standard InChI is InChI=1S/C12H14N2S/c1-2-13-8-11-12(15-9-14-11)10-6-4-3-5-7-10/h3-7,9,13H,2,8H2,1H3. The molecule has 0 aliphatic carbocycles. The molecule has 0 spiro atoms. The minimum absolute atomic E-state index is 0.851. The molecular weight excluding hydrogens is 204 g/mol. The summed E-state index contributed by atoms with van der Waals surface area (Å²) in [5, 5.41) is 3.30. The van der Waals surface area contributed by atoms with Crippen molar-refractivity contribution in [2.75, 3.05) is 6.54 Å². The van der Waals surface area contributed by atoms with Crippen LogP contribution in [-0.2, 0) is 6.54 Å². The van der Waals surface area contributed by atoms with Gasteiger partial charge in [0.2, 0.25) is 0 Å². The van der Waals surface area contributed by atoms with Crippen LogP contribution in [0.2, 0.25) is 0 Å². The molecule has 0 fully saturated rings. The monoisotopic (exact) mass is 218 g/mol. The second-order valence-electron chi connectivity index (χ2n) is 3.27. The number of aromatic nitrogens is 1. The van der Waals surface area contributed by atoms with Gasteiger partial charge in [-0.25, -0.2) is 4.98 Å². The highest BCUT2D eigenvalue weighted by Crippen LogP contribution is 2.27. The molecule has 1 heterocycles. The first kappa shape index (κ1) is 10.3. The quantitative estimate of drug-likeness (QED) is 0.853. The number of thiazole rings is 1. The Morgan fingerprint density at radius 1 is 1.27 bits per heavy atom. The molecule has 2 aromatic rings. The molecule has 0 atom stereocenters. The molecule has 1 aromatic carbocycles. The largest absolute Gasteiger partial charge is 0.311 e. The van der Waals surface area contributed by atoms with E-state index in [9.17, 15) is 0 Å². The second-order valence-corrected chi connectivity index (χ2v) is 4.13. The summed E-state index contributed by atoms with van der Waals surface area (Å²) in [5.74, 6) is 0. The first-order valence-corrected chi connectivity index (χ1v) is 5.98. The van der Waals surface area contributed by atoms with Crippen LogP contribution in [0.5, 0.6) is 0 Å². The van der Waals surface area contributed by atoms with E-state index in [1.165, 1.54) is 10.4 Å². The lowest BCUT2D eigenvalue weighted by atomic mass is 10.1. The van der Waals surface area contributed by atoms with Crippen molar-refractivity contribution in [2.24, 2.45) is 0 Å². The third kappa shape index (κ3) is 2.43. The summed E-state index contributed by atoms with van der Waals surface area (Å²) in [5.41, 5.74) is 4.32. The molecule has 0 amide bonds. The van der Waals surface area contributed by atoms with E-state index in [0.717, 1.165) is 18.8 Å². The zero-order valence-electron chi connectivity index (χ0n) is 8.73. The van der Waals surface area contributed by atoms with Crippen LogP contribution in [0.4, 0.5) is 0 Å². The first-order chi connectivity index (χ1) is 7.42. The summed E-state index contributed by atoms with van der Waals surface area (Å²) in [6, 6.07) is 10.4. The van der Waals surface area contributed by atoms with Crippen LogP contribution < -0.4 is 5.32 Å². The smallest absolute Gasteiger partial charge is 0.0802 e. The molecular formula is C12H14N2S. The summed E-state index contributed by atoms with van der Waals surface area (Å²) in [7, 11) is 0. The Morgan fingerprint density at radius 2 is 2.07 bits per heavy atom. The van der Waals surface area contributed by atoms with Gasteiger partial charge in [-0.1, -0.05) is 37.3 Å². The minimum Gasteiger partial charge on any atom is -0.311 e. The Morgan fingerprint density at radius 3 is 2.80 bits per heavy atom. The summed E-state index contributed by atoms with van der Waals surface area (Å²) in [6.07, 6.45) is 0. The molecule has 2 rings (SSSR count). The molecule has 2 nitrogen and oxygen atoms in total. The topological polar surface area (TPSA) is 24.9 Å². The van der Waals surface area contributed by atoms with Crippen LogP contribution in [0.25, 0.3) is 10.4 Å². The number of nitrogens with zero attached hydrogens (tertiary/aromatic N) is 1. The van der Waals surface area contributed by atoms with Crippen molar-refractivity contribution in [1.82, 2.24) is 10.3 Å². The Balaban J connectivity index is 2.25. The minimum atomic E-state index is 0.851. The molecule has 0 aliphatic heterocycles. The maximum Gasteiger partial charge on any atom is 0.0802 e. The van der Waals surface area contributed by atoms with E-state index >= 15 is 0 Å². The number of nitrogens with one attached hydrogen (secondary N) is 1. The first-order valence-electron chi connectivity index (χ1n) is 5.10. The van der Waals surface area contributed by atoms with E-state index in [1.807, 2.05) is 11.6 Å². The number of hydrogen-bond acceptors (Lipinski definition) is 3. The van der Waals surface area contributed by atoms with Crippen LogP contribution in [0, 0.1) is 0 Å². The number of rotatable bonds is 4. The van der Waals surface area contributed by atoms with Crippen LogP contribution in [0.1, 0.15) is 12.6 Å². The van der Waals surface area contributed by atoms with Crippen molar-refractivity contribution < 1.29 is 0 Å². The molecule has 1 aromatic heterocycles. The van der Waals surface area contributed by atoms with E-state index in [4.69, 9.17) is 0 Å². The average Bonchev–Trinajstić information content (AvgIpc) is 2.75. The van der Waals surface area contributed by atoms with Gasteiger partial charge in [-0.15, -0.1) is 11.3 Å². The molecule has 0 bridgehead atoms. The van der Waals surface area contributed by atoms with Crippen LogP contribution in [0.3, 0.4) is 0 Å². The van der Waals surface area contributed by atoms with Gasteiger partial charge in [0, 0.05) is 6.54 Å². The lowest BCUT2D eigenvalue weighted by Crippen LogP contribution is -2.12. The Labute approximate surface area is 94.0 Å². The van der Waals surface area contributed by atoms with Crippen molar-refractivity contribution >= 4 is 11.3 Å². The van der Waals surface area contributed by atoms with E-state index in [2.05, 4.69) is 41.5 Å². The van der Waals surface area contributed by atoms with E-state index < -0.39 is 0 Å². The highest BCUT2D eigenvalue weighted by Gasteiger charge is 2.06. The van der Waals surface area contributed by atoms with Crippen molar-refractivity contribution in [1.29, 1.82) is 0 Å². The van der Waals surface area contributed by atoms with Crippen LogP contribution in [0.15, 0.2) is 35.8 Å². The van der Waals surface area contributed by atoms with E-state index in [1.54, 1.807) is 11.3 Å². The third-order valence-electron chi connectivity index (χ3n) is 2.22. The Bertz CT molecular complexity index is 409. The molecule has 3 heteroatoms. The highest BCUT2D eigenvalue weighted by molar-refractivity contribution is 7.13. The van der Waals surface area contributed by atoms with Gasteiger partial charge < -0.3 is 5.32 Å². The lowest BCUT2D eigenvalue weighted by molar-refractivity contribution is 0.715. The molecule has 0 radical (unpaired) electrons. The van der Waals surface area contributed by atoms with Crippen molar-refractivity contribution in [3.63, 3.8) is 0 Å². The number of benzene rings is 1. The third-order valence-corrected chi connectivity index (χ3v) is 3.14. The van der Waals surface area contributed by atoms with Crippen molar-refractivity contribution in [2.45, 2.75) is 13.5 Å². The van der Waals surface area contributed by atoms with Gasteiger partial charge in [-0.3, -0.25) is 0 Å². The van der Waals surface area contributed by atoms with Crippen molar-refractivity contribution in [3.8, 4) is 10.4 Å². The second kappa shape index (κ2) is 5.05. The molecule has 0 aliphatic rings. The summed E-state index contributed by atoms with van der Waals surface area (Å²) >= 11 is 1.70. The Kier molecular flexibility index (Phi) is 3.48. The number of hydrogen-bond donors (Lipinski definition) is 1. The van der Waals surface area contributed by atoms with Crippen LogP contribution >= 0.6 is 11.3 Å². The zero-order chi connectivity index (χ0) is 10.5. The molecule has 0 unspecified atom stereocenters. The van der Waals surface area contributed by atoms with Gasteiger partial charge in [-0.05, 0) is 12.1 Å². The van der Waals surface area contributed by atoms with Gasteiger partial charge in [0.15, 0.2) is 0 Å². The fraction of sp³-hybridized carbons (Fsp3) is 0.250. The van der Waals surface area contributed by atoms with Crippen LogP contribution in [-0.4, -0.2) is 11.5 Å². The van der Waals surface area contributed by atoms with Gasteiger partial charge >= 0.3 is 0 Å². The zero-order valence-corrected chi connectivity index (χ0v) is 9.55. The van der Waals surface area contributed by atoms with E-state index in [-0.39, 0.29) is 0 Å². The van der Waals surface area contributed by atoms with E-state index in [0.29, 0.717) is 0 Å². The molecule has 0 saturated heterocycles. The Hall–Kier alpha value is -1.19. The van der Waals surface area contributed by atoms with Gasteiger partial charge in [0.25, 0.3) is 0 Å². The molecule has 1 N–H and O–H groups in total. The fourth-order valence-electron chi connectivity index (χ4n) is 1.46. The summed E-state index contributed by atoms with van der Waals surface area (Å²) in [4.78, 5) is 5.66. The lowest BCUT2D eigenvalue weighted by Gasteiger charge is -2.02. The highest BCUT2D eigenvalue weighted by atomic mass is 32.1.